The Morgan fingerprint density at radius 3 is 2.50 bits per heavy atom. The molecule has 82 valence electrons. The predicted octanol–water partition coefficient (Wildman–Crippen LogP) is 1.12. The summed E-state index contributed by atoms with van der Waals surface area (Å²) in [5.41, 5.74) is 0. The molecular weight excluding hydrogens is 180 g/mol. The van der Waals surface area contributed by atoms with Crippen LogP contribution in [0.5, 0.6) is 0 Å². The second-order valence-electron chi connectivity index (χ2n) is 4.45. The SMILES string of the molecule is CC(O)C(=O)C(C)C1CCCC(O)C1. The second-order valence-corrected chi connectivity index (χ2v) is 4.45. The van der Waals surface area contributed by atoms with E-state index in [1.807, 2.05) is 6.92 Å². The third-order valence-electron chi connectivity index (χ3n) is 3.25. The summed E-state index contributed by atoms with van der Waals surface area (Å²) in [5, 5.41) is 18.7. The van der Waals surface area contributed by atoms with Gasteiger partial charge in [-0.3, -0.25) is 4.79 Å². The number of hydrogen-bond acceptors (Lipinski definition) is 3. The summed E-state index contributed by atoms with van der Waals surface area (Å²) in [5.74, 6) is 0.0369. The van der Waals surface area contributed by atoms with E-state index in [4.69, 9.17) is 0 Å². The molecule has 0 bridgehead atoms. The lowest BCUT2D eigenvalue weighted by Gasteiger charge is -2.30. The van der Waals surface area contributed by atoms with Crippen molar-refractivity contribution in [3.8, 4) is 0 Å². The minimum absolute atomic E-state index is 0.0934. The molecule has 4 atom stereocenters. The molecule has 0 aromatic carbocycles. The fourth-order valence-corrected chi connectivity index (χ4v) is 2.27. The minimum Gasteiger partial charge on any atom is -0.393 e. The number of aliphatic hydroxyl groups is 2. The molecule has 0 aliphatic heterocycles. The Hall–Kier alpha value is -0.410. The van der Waals surface area contributed by atoms with Crippen molar-refractivity contribution in [2.75, 3.05) is 0 Å². The van der Waals surface area contributed by atoms with Crippen molar-refractivity contribution in [2.24, 2.45) is 11.8 Å². The molecule has 3 nitrogen and oxygen atoms in total. The highest BCUT2D eigenvalue weighted by Gasteiger charge is 2.30. The van der Waals surface area contributed by atoms with Crippen LogP contribution in [0.15, 0.2) is 0 Å². The fraction of sp³-hybridized carbons (Fsp3) is 0.909. The van der Waals surface area contributed by atoms with Gasteiger partial charge in [0.15, 0.2) is 5.78 Å². The standard InChI is InChI=1S/C11H20O3/c1-7(11(14)8(2)12)9-4-3-5-10(13)6-9/h7-10,12-13H,3-6H2,1-2H3. The Kier molecular flexibility index (Phi) is 4.08. The fourth-order valence-electron chi connectivity index (χ4n) is 2.27. The van der Waals surface area contributed by atoms with Crippen LogP contribution in [0, 0.1) is 11.8 Å². The molecule has 1 rings (SSSR count). The molecule has 14 heavy (non-hydrogen) atoms. The van der Waals surface area contributed by atoms with E-state index in [0.717, 1.165) is 19.3 Å². The van der Waals surface area contributed by atoms with Crippen LogP contribution >= 0.6 is 0 Å². The first-order chi connectivity index (χ1) is 6.52. The van der Waals surface area contributed by atoms with Gasteiger partial charge in [-0.1, -0.05) is 13.3 Å². The molecule has 0 spiro atoms. The van der Waals surface area contributed by atoms with Gasteiger partial charge in [0.05, 0.1) is 6.10 Å². The molecule has 1 saturated carbocycles. The third kappa shape index (κ3) is 2.79. The lowest BCUT2D eigenvalue weighted by molar-refractivity contribution is -0.132. The summed E-state index contributed by atoms with van der Waals surface area (Å²) in [4.78, 5) is 11.5. The summed E-state index contributed by atoms with van der Waals surface area (Å²) < 4.78 is 0. The van der Waals surface area contributed by atoms with Crippen LogP contribution in [0.2, 0.25) is 0 Å². The van der Waals surface area contributed by atoms with Crippen LogP contribution in [-0.4, -0.2) is 28.2 Å². The average molecular weight is 200 g/mol. The lowest BCUT2D eigenvalue weighted by atomic mass is 9.77. The number of Topliss-reactive ketones (excluding diaryl/α,β-unsaturated/α-hetero) is 1. The Morgan fingerprint density at radius 1 is 1.36 bits per heavy atom. The predicted molar refractivity (Wildman–Crippen MR) is 53.8 cm³/mol. The largest absolute Gasteiger partial charge is 0.393 e. The van der Waals surface area contributed by atoms with E-state index in [0.29, 0.717) is 6.42 Å². The maximum atomic E-state index is 11.5. The van der Waals surface area contributed by atoms with Gasteiger partial charge in [0.25, 0.3) is 0 Å². The summed E-state index contributed by atoms with van der Waals surface area (Å²) >= 11 is 0. The molecule has 0 amide bonds. The topological polar surface area (TPSA) is 57.5 Å². The van der Waals surface area contributed by atoms with E-state index in [9.17, 15) is 15.0 Å². The molecule has 0 aromatic heterocycles. The molecular formula is C11H20O3. The Balaban J connectivity index is 2.51. The molecule has 0 radical (unpaired) electrons. The Morgan fingerprint density at radius 2 is 2.00 bits per heavy atom. The van der Waals surface area contributed by atoms with Crippen LogP contribution in [0.25, 0.3) is 0 Å². The van der Waals surface area contributed by atoms with Crippen molar-refractivity contribution in [3.05, 3.63) is 0 Å². The van der Waals surface area contributed by atoms with Gasteiger partial charge in [0, 0.05) is 5.92 Å². The zero-order valence-corrected chi connectivity index (χ0v) is 8.94. The van der Waals surface area contributed by atoms with Crippen molar-refractivity contribution in [1.29, 1.82) is 0 Å². The van der Waals surface area contributed by atoms with Gasteiger partial charge in [-0.15, -0.1) is 0 Å². The van der Waals surface area contributed by atoms with Crippen LogP contribution in [-0.2, 0) is 4.79 Å². The quantitative estimate of drug-likeness (QED) is 0.718. The zero-order chi connectivity index (χ0) is 10.7. The molecule has 0 heterocycles. The molecule has 1 fully saturated rings. The first kappa shape index (κ1) is 11.7. The molecule has 0 aromatic rings. The molecule has 1 aliphatic carbocycles. The number of aliphatic hydroxyl groups excluding tert-OH is 2. The maximum absolute atomic E-state index is 11.5. The summed E-state index contributed by atoms with van der Waals surface area (Å²) in [6, 6.07) is 0. The van der Waals surface area contributed by atoms with Gasteiger partial charge in [-0.2, -0.15) is 0 Å². The zero-order valence-electron chi connectivity index (χ0n) is 8.94. The number of rotatable bonds is 3. The summed E-state index contributed by atoms with van der Waals surface area (Å²) in [6.45, 7) is 3.37. The van der Waals surface area contributed by atoms with Crippen molar-refractivity contribution in [2.45, 2.75) is 51.7 Å². The number of carbonyl (C=O) groups is 1. The van der Waals surface area contributed by atoms with Gasteiger partial charge < -0.3 is 10.2 Å². The van der Waals surface area contributed by atoms with Gasteiger partial charge in [-0.05, 0) is 32.1 Å². The number of hydrogen-bond donors (Lipinski definition) is 2. The van der Waals surface area contributed by atoms with Gasteiger partial charge in [0.2, 0.25) is 0 Å². The number of carbonyl (C=O) groups excluding carboxylic acids is 1. The summed E-state index contributed by atoms with van der Waals surface area (Å²) in [7, 11) is 0. The highest BCUT2D eigenvalue weighted by atomic mass is 16.3. The van der Waals surface area contributed by atoms with Crippen molar-refractivity contribution in [3.63, 3.8) is 0 Å². The van der Waals surface area contributed by atoms with E-state index >= 15 is 0 Å². The van der Waals surface area contributed by atoms with Crippen LogP contribution in [0.1, 0.15) is 39.5 Å². The van der Waals surface area contributed by atoms with E-state index in [-0.39, 0.29) is 23.7 Å². The normalized spacial score (nSPS) is 32.3. The maximum Gasteiger partial charge on any atom is 0.164 e. The van der Waals surface area contributed by atoms with Crippen LogP contribution in [0.4, 0.5) is 0 Å². The minimum atomic E-state index is -0.871. The van der Waals surface area contributed by atoms with E-state index in [1.165, 1.54) is 6.92 Å². The van der Waals surface area contributed by atoms with Crippen molar-refractivity contribution in [1.82, 2.24) is 0 Å². The van der Waals surface area contributed by atoms with Gasteiger partial charge >= 0.3 is 0 Å². The van der Waals surface area contributed by atoms with E-state index < -0.39 is 6.10 Å². The second kappa shape index (κ2) is 4.89. The Bertz CT molecular complexity index is 201. The van der Waals surface area contributed by atoms with E-state index in [1.54, 1.807) is 0 Å². The average Bonchev–Trinajstić information content (AvgIpc) is 2.15. The van der Waals surface area contributed by atoms with Gasteiger partial charge in [0.1, 0.15) is 6.10 Å². The Labute approximate surface area is 85.1 Å². The molecule has 3 heteroatoms. The summed E-state index contributed by atoms with van der Waals surface area (Å²) in [6.07, 6.45) is 2.42. The molecule has 0 saturated heterocycles. The monoisotopic (exact) mass is 200 g/mol. The highest BCUT2D eigenvalue weighted by molar-refractivity contribution is 5.84. The molecule has 2 N–H and O–H groups in total. The van der Waals surface area contributed by atoms with Crippen molar-refractivity contribution < 1.29 is 15.0 Å². The van der Waals surface area contributed by atoms with Crippen LogP contribution < -0.4 is 0 Å². The lowest BCUT2D eigenvalue weighted by Crippen LogP contribution is -2.33. The number of ketones is 1. The first-order valence-corrected chi connectivity index (χ1v) is 5.42. The molecule has 1 aliphatic rings. The highest BCUT2D eigenvalue weighted by Crippen LogP contribution is 2.31. The smallest absolute Gasteiger partial charge is 0.164 e. The van der Waals surface area contributed by atoms with Gasteiger partial charge in [-0.25, -0.2) is 0 Å². The van der Waals surface area contributed by atoms with Crippen molar-refractivity contribution >= 4 is 5.78 Å². The molecule has 4 unspecified atom stereocenters. The first-order valence-electron chi connectivity index (χ1n) is 5.42. The third-order valence-corrected chi connectivity index (χ3v) is 3.25. The van der Waals surface area contributed by atoms with Crippen LogP contribution in [0.3, 0.4) is 0 Å². The van der Waals surface area contributed by atoms with E-state index in [2.05, 4.69) is 0 Å².